The molecule has 0 aliphatic rings. The fraction of sp³-hybridized carbons (Fsp3) is 0.143. The number of nitrogens with one attached hydrogen (secondary N) is 2. The maximum atomic E-state index is 10.7. The standard InChI is InChI=1S/C7H7N5O/c1-4(13)10-7-6-5(11-12-7)2-8-3-9-6/h2-3H,1H3,(H2,10,11,12,13). The van der Waals surface area contributed by atoms with Gasteiger partial charge in [-0.1, -0.05) is 0 Å². The Labute approximate surface area is 73.4 Å². The summed E-state index contributed by atoms with van der Waals surface area (Å²) in [5, 5.41) is 9.14. The van der Waals surface area contributed by atoms with Crippen LogP contribution in [0.15, 0.2) is 12.5 Å². The van der Waals surface area contributed by atoms with E-state index in [0.29, 0.717) is 16.9 Å². The van der Waals surface area contributed by atoms with Gasteiger partial charge < -0.3 is 5.32 Å². The number of amides is 1. The van der Waals surface area contributed by atoms with Crippen LogP contribution in [-0.2, 0) is 4.79 Å². The van der Waals surface area contributed by atoms with Crippen molar-refractivity contribution in [3.63, 3.8) is 0 Å². The van der Waals surface area contributed by atoms with Crippen LogP contribution in [-0.4, -0.2) is 26.1 Å². The van der Waals surface area contributed by atoms with Gasteiger partial charge in [0.15, 0.2) is 5.82 Å². The first-order chi connectivity index (χ1) is 6.27. The first-order valence-electron chi connectivity index (χ1n) is 3.69. The highest BCUT2D eigenvalue weighted by Gasteiger charge is 2.06. The molecule has 0 unspecified atom stereocenters. The molecule has 0 atom stereocenters. The number of carbonyl (C=O) groups excluding carboxylic acids is 1. The van der Waals surface area contributed by atoms with Crippen LogP contribution in [0.2, 0.25) is 0 Å². The van der Waals surface area contributed by atoms with Gasteiger partial charge in [0.1, 0.15) is 17.4 Å². The summed E-state index contributed by atoms with van der Waals surface area (Å²) in [6.45, 7) is 1.42. The molecule has 6 heteroatoms. The molecule has 0 saturated carbocycles. The molecule has 2 N–H and O–H groups in total. The topological polar surface area (TPSA) is 83.6 Å². The SMILES string of the molecule is CC(=O)Nc1n[nH]c2cncnc12. The molecule has 2 aromatic heterocycles. The van der Waals surface area contributed by atoms with Crippen LogP contribution in [0.3, 0.4) is 0 Å². The molecule has 0 aromatic carbocycles. The molecule has 2 heterocycles. The molecular formula is C7H7N5O. The molecule has 0 bridgehead atoms. The average molecular weight is 177 g/mol. The maximum absolute atomic E-state index is 10.7. The number of carbonyl (C=O) groups is 1. The number of rotatable bonds is 1. The second-order valence-electron chi connectivity index (χ2n) is 2.54. The molecule has 0 aliphatic heterocycles. The third-order valence-corrected chi connectivity index (χ3v) is 1.52. The monoisotopic (exact) mass is 177 g/mol. The van der Waals surface area contributed by atoms with E-state index in [1.165, 1.54) is 13.3 Å². The zero-order valence-corrected chi connectivity index (χ0v) is 6.90. The van der Waals surface area contributed by atoms with Crippen LogP contribution in [0.25, 0.3) is 11.0 Å². The van der Waals surface area contributed by atoms with Gasteiger partial charge >= 0.3 is 0 Å². The molecule has 0 spiro atoms. The zero-order chi connectivity index (χ0) is 9.26. The lowest BCUT2D eigenvalue weighted by Crippen LogP contribution is -2.06. The van der Waals surface area contributed by atoms with E-state index in [9.17, 15) is 4.79 Å². The second kappa shape index (κ2) is 2.81. The lowest BCUT2D eigenvalue weighted by molar-refractivity contribution is -0.114. The van der Waals surface area contributed by atoms with Crippen molar-refractivity contribution in [2.75, 3.05) is 5.32 Å². The van der Waals surface area contributed by atoms with E-state index in [1.54, 1.807) is 6.20 Å². The van der Waals surface area contributed by atoms with Crippen molar-refractivity contribution in [3.8, 4) is 0 Å². The summed E-state index contributed by atoms with van der Waals surface area (Å²) in [7, 11) is 0. The molecule has 0 aliphatic carbocycles. The average Bonchev–Trinajstić information content (AvgIpc) is 2.48. The molecule has 0 saturated heterocycles. The van der Waals surface area contributed by atoms with Crippen molar-refractivity contribution >= 4 is 22.8 Å². The third kappa shape index (κ3) is 1.33. The Balaban J connectivity index is 2.51. The highest BCUT2D eigenvalue weighted by atomic mass is 16.1. The van der Waals surface area contributed by atoms with Gasteiger partial charge in [0.05, 0.1) is 6.20 Å². The highest BCUT2D eigenvalue weighted by Crippen LogP contribution is 2.15. The Morgan fingerprint density at radius 1 is 1.62 bits per heavy atom. The van der Waals surface area contributed by atoms with E-state index in [1.807, 2.05) is 0 Å². The Morgan fingerprint density at radius 2 is 2.46 bits per heavy atom. The van der Waals surface area contributed by atoms with Crippen molar-refractivity contribution < 1.29 is 4.79 Å². The molecule has 2 aromatic rings. The van der Waals surface area contributed by atoms with Gasteiger partial charge in [-0.15, -0.1) is 0 Å². The van der Waals surface area contributed by atoms with Gasteiger partial charge in [0.25, 0.3) is 0 Å². The highest BCUT2D eigenvalue weighted by molar-refractivity contribution is 5.96. The summed E-state index contributed by atoms with van der Waals surface area (Å²) in [5.74, 6) is 0.261. The summed E-state index contributed by atoms with van der Waals surface area (Å²) in [5.41, 5.74) is 1.32. The van der Waals surface area contributed by atoms with Gasteiger partial charge in [-0.2, -0.15) is 5.10 Å². The van der Waals surface area contributed by atoms with Gasteiger partial charge in [0.2, 0.25) is 5.91 Å². The minimum Gasteiger partial charge on any atom is -0.308 e. The summed E-state index contributed by atoms with van der Waals surface area (Å²) in [4.78, 5) is 18.5. The van der Waals surface area contributed by atoms with Crippen LogP contribution in [0.5, 0.6) is 0 Å². The fourth-order valence-electron chi connectivity index (χ4n) is 1.02. The van der Waals surface area contributed by atoms with Crippen molar-refractivity contribution in [2.24, 2.45) is 0 Å². The number of nitrogens with zero attached hydrogens (tertiary/aromatic N) is 3. The third-order valence-electron chi connectivity index (χ3n) is 1.52. The summed E-state index contributed by atoms with van der Waals surface area (Å²) >= 11 is 0. The lowest BCUT2D eigenvalue weighted by atomic mass is 10.4. The predicted octanol–water partition coefficient (Wildman–Crippen LogP) is 0.311. The van der Waals surface area contributed by atoms with E-state index < -0.39 is 0 Å². The zero-order valence-electron chi connectivity index (χ0n) is 6.90. The molecule has 6 nitrogen and oxygen atoms in total. The number of hydrogen-bond acceptors (Lipinski definition) is 4. The van der Waals surface area contributed by atoms with Gasteiger partial charge in [0, 0.05) is 6.92 Å². The lowest BCUT2D eigenvalue weighted by Gasteiger charge is -1.94. The maximum Gasteiger partial charge on any atom is 0.222 e. The summed E-state index contributed by atoms with van der Waals surface area (Å²) < 4.78 is 0. The normalized spacial score (nSPS) is 10.2. The number of hydrogen-bond donors (Lipinski definition) is 2. The number of anilines is 1. The van der Waals surface area contributed by atoms with E-state index in [-0.39, 0.29) is 5.91 Å². The Hall–Kier alpha value is -1.98. The van der Waals surface area contributed by atoms with E-state index in [2.05, 4.69) is 25.5 Å². The van der Waals surface area contributed by atoms with Crippen LogP contribution in [0, 0.1) is 0 Å². The number of aromatic amines is 1. The quantitative estimate of drug-likeness (QED) is 0.656. The van der Waals surface area contributed by atoms with Crippen LogP contribution < -0.4 is 5.32 Å². The van der Waals surface area contributed by atoms with E-state index >= 15 is 0 Å². The second-order valence-corrected chi connectivity index (χ2v) is 2.54. The first-order valence-corrected chi connectivity index (χ1v) is 3.69. The number of fused-ring (bicyclic) bond motifs is 1. The number of H-pyrrole nitrogens is 1. The van der Waals surface area contributed by atoms with Crippen molar-refractivity contribution in [1.29, 1.82) is 0 Å². The molecule has 13 heavy (non-hydrogen) atoms. The molecule has 0 fully saturated rings. The minimum atomic E-state index is -0.174. The Morgan fingerprint density at radius 3 is 3.23 bits per heavy atom. The van der Waals surface area contributed by atoms with Gasteiger partial charge in [-0.05, 0) is 0 Å². The fourth-order valence-corrected chi connectivity index (χ4v) is 1.02. The van der Waals surface area contributed by atoms with Crippen molar-refractivity contribution in [2.45, 2.75) is 6.92 Å². The summed E-state index contributed by atoms with van der Waals surface area (Å²) in [6.07, 6.45) is 3.00. The number of aromatic nitrogens is 4. The van der Waals surface area contributed by atoms with Crippen molar-refractivity contribution in [3.05, 3.63) is 12.5 Å². The van der Waals surface area contributed by atoms with Crippen LogP contribution in [0.4, 0.5) is 5.82 Å². The smallest absolute Gasteiger partial charge is 0.222 e. The Kier molecular flexibility index (Phi) is 1.66. The molecule has 2 rings (SSSR count). The molecule has 1 amide bonds. The van der Waals surface area contributed by atoms with Crippen LogP contribution >= 0.6 is 0 Å². The van der Waals surface area contributed by atoms with E-state index in [4.69, 9.17) is 0 Å². The predicted molar refractivity (Wildman–Crippen MR) is 46.0 cm³/mol. The van der Waals surface area contributed by atoms with Gasteiger partial charge in [-0.25, -0.2) is 9.97 Å². The summed E-state index contributed by atoms with van der Waals surface area (Å²) in [6, 6.07) is 0. The molecule has 66 valence electrons. The largest absolute Gasteiger partial charge is 0.308 e. The van der Waals surface area contributed by atoms with Crippen molar-refractivity contribution in [1.82, 2.24) is 20.2 Å². The molecule has 0 radical (unpaired) electrons. The van der Waals surface area contributed by atoms with E-state index in [0.717, 1.165) is 0 Å². The minimum absolute atomic E-state index is 0.174. The first kappa shape index (κ1) is 7.66. The molecular weight excluding hydrogens is 170 g/mol. The Bertz CT molecular complexity index is 449. The van der Waals surface area contributed by atoms with Gasteiger partial charge in [-0.3, -0.25) is 9.89 Å². The van der Waals surface area contributed by atoms with Crippen LogP contribution in [0.1, 0.15) is 6.92 Å².